The third-order valence-corrected chi connectivity index (χ3v) is 8.04. The second-order valence-electron chi connectivity index (χ2n) is 8.22. The number of anilines is 1. The van der Waals surface area contributed by atoms with Crippen molar-refractivity contribution < 1.29 is 22.7 Å². The Morgan fingerprint density at radius 2 is 1.83 bits per heavy atom. The quantitative estimate of drug-likeness (QED) is 0.469. The number of rotatable bonds is 8. The van der Waals surface area contributed by atoms with Crippen molar-refractivity contribution in [3.05, 3.63) is 82.9 Å². The van der Waals surface area contributed by atoms with Crippen LogP contribution < -0.4 is 19.1 Å². The Kier molecular flexibility index (Phi) is 7.52. The van der Waals surface area contributed by atoms with Crippen LogP contribution in [-0.2, 0) is 21.2 Å². The average Bonchev–Trinajstić information content (AvgIpc) is 2.87. The van der Waals surface area contributed by atoms with Gasteiger partial charge in [0.05, 0.1) is 30.8 Å². The Morgan fingerprint density at radius 1 is 1.06 bits per heavy atom. The van der Waals surface area contributed by atoms with Crippen molar-refractivity contribution in [2.24, 2.45) is 0 Å². The molecule has 3 aromatic carbocycles. The van der Waals surface area contributed by atoms with E-state index in [1.807, 2.05) is 18.2 Å². The first kappa shape index (κ1) is 24.9. The third kappa shape index (κ3) is 5.39. The molecule has 0 aliphatic heterocycles. The highest BCUT2D eigenvalue weighted by molar-refractivity contribution is 7.92. The minimum absolute atomic E-state index is 0.0601. The van der Waals surface area contributed by atoms with E-state index in [2.05, 4.69) is 5.32 Å². The molecular formula is C26H27ClN2O5S. The van der Waals surface area contributed by atoms with E-state index >= 15 is 0 Å². The molecule has 4 rings (SSSR count). The number of carbonyl (C=O) groups is 1. The number of carbonyl (C=O) groups excluding carboxylic acids is 1. The molecule has 184 valence electrons. The van der Waals surface area contributed by atoms with E-state index in [1.54, 1.807) is 37.4 Å². The predicted octanol–water partition coefficient (Wildman–Crippen LogP) is 4.75. The first-order chi connectivity index (χ1) is 16.8. The van der Waals surface area contributed by atoms with E-state index in [9.17, 15) is 13.2 Å². The molecule has 1 N–H and O–H groups in total. The molecule has 1 atom stereocenters. The summed E-state index contributed by atoms with van der Waals surface area (Å²) in [4.78, 5) is 13.3. The Hall–Kier alpha value is -3.23. The fourth-order valence-electron chi connectivity index (χ4n) is 4.32. The molecule has 35 heavy (non-hydrogen) atoms. The minimum Gasteiger partial charge on any atom is -0.497 e. The van der Waals surface area contributed by atoms with Gasteiger partial charge in [0, 0.05) is 5.02 Å². The molecule has 1 unspecified atom stereocenters. The van der Waals surface area contributed by atoms with Gasteiger partial charge in [-0.3, -0.25) is 9.10 Å². The Balaban J connectivity index is 1.66. The van der Waals surface area contributed by atoms with Gasteiger partial charge >= 0.3 is 0 Å². The number of aryl methyl sites for hydroxylation is 1. The summed E-state index contributed by atoms with van der Waals surface area (Å²) in [6.07, 6.45) is 2.56. The summed E-state index contributed by atoms with van der Waals surface area (Å²) < 4.78 is 39.1. The van der Waals surface area contributed by atoms with E-state index in [4.69, 9.17) is 21.1 Å². The fraction of sp³-hybridized carbons (Fsp3) is 0.269. The molecule has 0 bridgehead atoms. The van der Waals surface area contributed by atoms with Crippen LogP contribution in [0.15, 0.2) is 71.6 Å². The third-order valence-electron chi connectivity index (χ3n) is 6.03. The molecular weight excluding hydrogens is 488 g/mol. The summed E-state index contributed by atoms with van der Waals surface area (Å²) in [7, 11) is -1.03. The van der Waals surface area contributed by atoms with Crippen molar-refractivity contribution in [1.82, 2.24) is 5.32 Å². The summed E-state index contributed by atoms with van der Waals surface area (Å²) >= 11 is 6.20. The number of fused-ring (bicyclic) bond motifs is 1. The molecule has 3 aromatic rings. The normalized spacial score (nSPS) is 15.1. The molecule has 0 fully saturated rings. The van der Waals surface area contributed by atoms with Crippen LogP contribution in [0.3, 0.4) is 0 Å². The van der Waals surface area contributed by atoms with Crippen molar-refractivity contribution in [1.29, 1.82) is 0 Å². The lowest BCUT2D eigenvalue weighted by Gasteiger charge is -2.29. The van der Waals surface area contributed by atoms with Crippen molar-refractivity contribution in [3.8, 4) is 11.5 Å². The predicted molar refractivity (Wildman–Crippen MR) is 136 cm³/mol. The second kappa shape index (κ2) is 10.6. The first-order valence-corrected chi connectivity index (χ1v) is 13.0. The average molecular weight is 515 g/mol. The molecule has 1 aliphatic rings. The van der Waals surface area contributed by atoms with Crippen LogP contribution >= 0.6 is 11.6 Å². The van der Waals surface area contributed by atoms with Crippen molar-refractivity contribution in [2.45, 2.75) is 30.2 Å². The van der Waals surface area contributed by atoms with Crippen molar-refractivity contribution >= 4 is 33.2 Å². The maximum absolute atomic E-state index is 13.6. The molecule has 0 saturated heterocycles. The maximum Gasteiger partial charge on any atom is 0.264 e. The van der Waals surface area contributed by atoms with Crippen LogP contribution in [0.4, 0.5) is 5.69 Å². The van der Waals surface area contributed by atoms with Crippen LogP contribution in [0.25, 0.3) is 0 Å². The van der Waals surface area contributed by atoms with Gasteiger partial charge in [-0.25, -0.2) is 8.42 Å². The van der Waals surface area contributed by atoms with Crippen molar-refractivity contribution in [3.63, 3.8) is 0 Å². The van der Waals surface area contributed by atoms with Gasteiger partial charge in [-0.15, -0.1) is 0 Å². The lowest BCUT2D eigenvalue weighted by molar-refractivity contribution is -0.120. The molecule has 0 spiro atoms. The van der Waals surface area contributed by atoms with Gasteiger partial charge in [-0.1, -0.05) is 35.9 Å². The summed E-state index contributed by atoms with van der Waals surface area (Å²) in [6.45, 7) is -0.435. The standard InChI is InChI=1S/C26H27ClN2O5S/c1-33-20-12-13-22-18(15-20)7-6-10-23(22)28-26(30)17-29(24-16-19(27)11-14-25(24)34-2)35(31,32)21-8-4-3-5-9-21/h3-5,8-9,11-16,23H,6-7,10,17H2,1-2H3,(H,28,30). The largest absolute Gasteiger partial charge is 0.497 e. The summed E-state index contributed by atoms with van der Waals surface area (Å²) in [5.74, 6) is 0.626. The highest BCUT2D eigenvalue weighted by atomic mass is 35.5. The number of amides is 1. The number of nitrogens with one attached hydrogen (secondary N) is 1. The van der Waals surface area contributed by atoms with Crippen LogP contribution in [0.5, 0.6) is 11.5 Å². The highest BCUT2D eigenvalue weighted by Crippen LogP contribution is 2.35. The molecule has 7 nitrogen and oxygen atoms in total. The zero-order valence-electron chi connectivity index (χ0n) is 19.5. The zero-order chi connectivity index (χ0) is 25.0. The molecule has 0 aromatic heterocycles. The molecule has 0 saturated carbocycles. The molecule has 0 radical (unpaired) electrons. The van der Waals surface area contributed by atoms with E-state index < -0.39 is 22.5 Å². The SMILES string of the molecule is COc1ccc2c(c1)CCCC2NC(=O)CN(c1cc(Cl)ccc1OC)S(=O)(=O)c1ccccc1. The lowest BCUT2D eigenvalue weighted by Crippen LogP contribution is -2.42. The minimum atomic E-state index is -4.09. The van der Waals surface area contributed by atoms with E-state index in [1.165, 1.54) is 25.3 Å². The van der Waals surface area contributed by atoms with Gasteiger partial charge in [0.15, 0.2) is 0 Å². The highest BCUT2D eigenvalue weighted by Gasteiger charge is 2.31. The Morgan fingerprint density at radius 3 is 2.54 bits per heavy atom. The van der Waals surface area contributed by atoms with E-state index in [0.717, 1.165) is 40.4 Å². The smallest absolute Gasteiger partial charge is 0.264 e. The first-order valence-electron chi connectivity index (χ1n) is 11.2. The topological polar surface area (TPSA) is 84.9 Å². The summed E-state index contributed by atoms with van der Waals surface area (Å²) in [6, 6.07) is 18.2. The monoisotopic (exact) mass is 514 g/mol. The van der Waals surface area contributed by atoms with E-state index in [-0.39, 0.29) is 22.4 Å². The number of benzene rings is 3. The number of sulfonamides is 1. The number of hydrogen-bond acceptors (Lipinski definition) is 5. The molecule has 9 heteroatoms. The van der Waals surface area contributed by atoms with Gasteiger partial charge in [-0.05, 0) is 72.9 Å². The van der Waals surface area contributed by atoms with Gasteiger partial charge in [0.2, 0.25) is 5.91 Å². The number of hydrogen-bond donors (Lipinski definition) is 1. The van der Waals surface area contributed by atoms with Gasteiger partial charge in [-0.2, -0.15) is 0 Å². The molecule has 0 heterocycles. The summed E-state index contributed by atoms with van der Waals surface area (Å²) in [5.41, 5.74) is 2.32. The molecule has 1 amide bonds. The Bertz CT molecular complexity index is 1310. The number of methoxy groups -OCH3 is 2. The number of halogens is 1. The maximum atomic E-state index is 13.6. The zero-order valence-corrected chi connectivity index (χ0v) is 21.1. The van der Waals surface area contributed by atoms with Crippen LogP contribution in [-0.4, -0.2) is 35.1 Å². The number of nitrogens with zero attached hydrogens (tertiary/aromatic N) is 1. The van der Waals surface area contributed by atoms with Gasteiger partial charge < -0.3 is 14.8 Å². The van der Waals surface area contributed by atoms with Crippen LogP contribution in [0, 0.1) is 0 Å². The van der Waals surface area contributed by atoms with Crippen molar-refractivity contribution in [2.75, 3.05) is 25.1 Å². The van der Waals surface area contributed by atoms with Crippen LogP contribution in [0.2, 0.25) is 5.02 Å². The van der Waals surface area contributed by atoms with Gasteiger partial charge in [0.1, 0.15) is 18.0 Å². The Labute approximate surface area is 210 Å². The van der Waals surface area contributed by atoms with Gasteiger partial charge in [0.25, 0.3) is 10.0 Å². The van der Waals surface area contributed by atoms with E-state index in [0.29, 0.717) is 5.02 Å². The molecule has 1 aliphatic carbocycles. The number of ether oxygens (including phenoxy) is 2. The summed E-state index contributed by atoms with van der Waals surface area (Å²) in [5, 5.41) is 3.35. The second-order valence-corrected chi connectivity index (χ2v) is 10.5. The van der Waals surface area contributed by atoms with Crippen LogP contribution in [0.1, 0.15) is 30.0 Å². The lowest BCUT2D eigenvalue weighted by atomic mass is 9.87. The fourth-order valence-corrected chi connectivity index (χ4v) is 5.93.